The number of benzene rings is 11. The fourth-order valence-electron chi connectivity index (χ4n) is 12.9. The molecule has 81 heavy (non-hydrogen) atoms. The fourth-order valence-corrected chi connectivity index (χ4v) is 12.9. The Labute approximate surface area is 481 Å². The maximum absolute atomic E-state index is 2.69. The minimum Gasteiger partial charge on any atom is -0.311 e. The summed E-state index contributed by atoms with van der Waals surface area (Å²) in [5.41, 5.74) is 25.4. The van der Waals surface area contributed by atoms with Crippen molar-refractivity contribution in [1.82, 2.24) is 0 Å². The lowest BCUT2D eigenvalue weighted by Gasteiger charge is -2.46. The third-order valence-corrected chi connectivity index (χ3v) is 17.4. The van der Waals surface area contributed by atoms with Gasteiger partial charge in [-0.15, -0.1) is 0 Å². The molecule has 0 radical (unpaired) electrons. The molecule has 11 aromatic carbocycles. The van der Waals surface area contributed by atoms with Crippen molar-refractivity contribution < 1.29 is 0 Å². The first-order valence-corrected chi connectivity index (χ1v) is 29.2. The van der Waals surface area contributed by atoms with Crippen molar-refractivity contribution in [3.05, 3.63) is 247 Å². The van der Waals surface area contributed by atoms with E-state index in [0.717, 1.165) is 5.56 Å². The van der Waals surface area contributed by atoms with E-state index in [4.69, 9.17) is 0 Å². The predicted molar refractivity (Wildman–Crippen MR) is 352 cm³/mol. The van der Waals surface area contributed by atoms with Gasteiger partial charge in [0.15, 0.2) is 0 Å². The molecule has 3 heteroatoms. The van der Waals surface area contributed by atoms with Crippen LogP contribution in [0.3, 0.4) is 0 Å². The monoisotopic (exact) mass is 1050 g/mol. The van der Waals surface area contributed by atoms with E-state index in [1.165, 1.54) is 133 Å². The fraction of sp³-hybridized carbons (Fsp3) is 0.205. The smallest absolute Gasteiger partial charge is 0.252 e. The van der Waals surface area contributed by atoms with E-state index < -0.39 is 0 Å². The molecule has 0 saturated heterocycles. The molecular formula is C78H73BN2. The van der Waals surface area contributed by atoms with Gasteiger partial charge in [0.1, 0.15) is 0 Å². The van der Waals surface area contributed by atoms with E-state index in [1.54, 1.807) is 0 Å². The van der Waals surface area contributed by atoms with E-state index >= 15 is 0 Å². The summed E-state index contributed by atoms with van der Waals surface area (Å²) in [6.07, 6.45) is 0. The Morgan fingerprint density at radius 3 is 1.01 bits per heavy atom. The van der Waals surface area contributed by atoms with E-state index in [-0.39, 0.29) is 28.4 Å². The first-order valence-electron chi connectivity index (χ1n) is 29.2. The summed E-state index contributed by atoms with van der Waals surface area (Å²) < 4.78 is 0. The van der Waals surface area contributed by atoms with Gasteiger partial charge in [-0.3, -0.25) is 0 Å². The summed E-state index contributed by atoms with van der Waals surface area (Å²) in [7, 11) is 0. The molecule has 2 heterocycles. The molecule has 0 fully saturated rings. The van der Waals surface area contributed by atoms with Crippen LogP contribution >= 0.6 is 0 Å². The summed E-state index contributed by atoms with van der Waals surface area (Å²) >= 11 is 0. The van der Waals surface area contributed by atoms with Crippen molar-refractivity contribution in [1.29, 1.82) is 0 Å². The van der Waals surface area contributed by atoms with Gasteiger partial charge in [-0.1, -0.05) is 259 Å². The Hall–Kier alpha value is -8.40. The quantitative estimate of drug-likeness (QED) is 0.153. The molecule has 0 amide bonds. The molecule has 0 aliphatic carbocycles. The van der Waals surface area contributed by atoms with Gasteiger partial charge >= 0.3 is 0 Å². The largest absolute Gasteiger partial charge is 0.311 e. The molecule has 0 bridgehead atoms. The average Bonchev–Trinajstić information content (AvgIpc) is 3.48. The highest BCUT2D eigenvalue weighted by molar-refractivity contribution is 7.00. The van der Waals surface area contributed by atoms with Gasteiger partial charge in [0.05, 0.1) is 0 Å². The van der Waals surface area contributed by atoms with Gasteiger partial charge in [0.25, 0.3) is 6.71 Å². The zero-order valence-corrected chi connectivity index (χ0v) is 49.3. The predicted octanol–water partition coefficient (Wildman–Crippen LogP) is 19.9. The van der Waals surface area contributed by atoms with Gasteiger partial charge in [0, 0.05) is 44.9 Å². The molecule has 2 aliphatic heterocycles. The average molecular weight is 1050 g/mol. The Morgan fingerprint density at radius 2 is 0.642 bits per heavy atom. The van der Waals surface area contributed by atoms with Gasteiger partial charge in [-0.25, -0.2) is 0 Å². The summed E-state index contributed by atoms with van der Waals surface area (Å²) in [6, 6.07) is 86.0. The van der Waals surface area contributed by atoms with E-state index in [0.29, 0.717) is 0 Å². The highest BCUT2D eigenvalue weighted by atomic mass is 15.2. The van der Waals surface area contributed by atoms with E-state index in [2.05, 4.69) is 317 Å². The van der Waals surface area contributed by atoms with Gasteiger partial charge < -0.3 is 9.80 Å². The van der Waals surface area contributed by atoms with Crippen molar-refractivity contribution in [3.8, 4) is 44.5 Å². The van der Waals surface area contributed by atoms with Crippen LogP contribution in [0.1, 0.15) is 105 Å². The van der Waals surface area contributed by atoms with Crippen LogP contribution in [-0.4, -0.2) is 6.71 Å². The van der Waals surface area contributed by atoms with Crippen LogP contribution < -0.4 is 26.2 Å². The van der Waals surface area contributed by atoms with Crippen LogP contribution in [0.4, 0.5) is 34.1 Å². The standard InChI is InChI=1S/C78H73BN2/c1-75(2,3)57-44-58(76(4,5)6)47-61(46-57)80-69-42-56(71-65(51-28-18-14-19-29-51)40-55(50-26-16-13-17-27-50)41-66(71)52-30-20-15-21-31-52)43-70-72(69)79(67-38-36-53-32-22-24-34-63(53)73(67)80)68-39-37-54-33-23-25-35-64(54)74(68)81(70)62-48-59(77(7,8)9)45-60(49-62)78(10,11)12/h13-49H,1-12H3. The second-order valence-electron chi connectivity index (χ2n) is 27.1. The van der Waals surface area contributed by atoms with Crippen molar-refractivity contribution in [2.45, 2.75) is 105 Å². The molecule has 2 nitrogen and oxygen atoms in total. The Kier molecular flexibility index (Phi) is 12.3. The molecule has 13 rings (SSSR count). The first-order chi connectivity index (χ1) is 38.7. The van der Waals surface area contributed by atoms with Crippen LogP contribution in [0.5, 0.6) is 0 Å². The third-order valence-electron chi connectivity index (χ3n) is 17.4. The summed E-state index contributed by atoms with van der Waals surface area (Å²) in [4.78, 5) is 5.39. The number of rotatable bonds is 6. The van der Waals surface area contributed by atoms with Crippen molar-refractivity contribution >= 4 is 78.8 Å². The number of nitrogens with zero attached hydrogens (tertiary/aromatic N) is 2. The normalized spacial score (nSPS) is 13.4. The number of hydrogen-bond donors (Lipinski definition) is 0. The van der Waals surface area contributed by atoms with Crippen molar-refractivity contribution in [2.24, 2.45) is 0 Å². The second-order valence-corrected chi connectivity index (χ2v) is 27.1. The van der Waals surface area contributed by atoms with E-state index in [9.17, 15) is 0 Å². The van der Waals surface area contributed by atoms with Gasteiger partial charge in [-0.05, 0) is 164 Å². The molecule has 2 aliphatic rings. The number of hydrogen-bond acceptors (Lipinski definition) is 2. The number of anilines is 6. The first kappa shape index (κ1) is 52.0. The molecule has 0 atom stereocenters. The second kappa shape index (κ2) is 19.1. The molecule has 0 unspecified atom stereocenters. The van der Waals surface area contributed by atoms with Crippen LogP contribution in [0.2, 0.25) is 0 Å². The van der Waals surface area contributed by atoms with E-state index in [1.807, 2.05) is 0 Å². The lowest BCUT2D eigenvalue weighted by Crippen LogP contribution is -2.61. The van der Waals surface area contributed by atoms with Crippen LogP contribution in [0.25, 0.3) is 66.1 Å². The zero-order valence-electron chi connectivity index (χ0n) is 49.3. The maximum atomic E-state index is 2.69. The van der Waals surface area contributed by atoms with Crippen molar-refractivity contribution in [2.75, 3.05) is 9.80 Å². The Morgan fingerprint density at radius 1 is 0.296 bits per heavy atom. The van der Waals surface area contributed by atoms with Crippen LogP contribution in [-0.2, 0) is 21.7 Å². The van der Waals surface area contributed by atoms with Crippen LogP contribution in [0, 0.1) is 0 Å². The number of fused-ring (bicyclic) bond motifs is 8. The van der Waals surface area contributed by atoms with Crippen molar-refractivity contribution in [3.63, 3.8) is 0 Å². The molecule has 11 aromatic rings. The molecule has 0 spiro atoms. The zero-order chi connectivity index (χ0) is 56.3. The molecule has 398 valence electrons. The molecule has 0 aromatic heterocycles. The highest BCUT2D eigenvalue weighted by Gasteiger charge is 2.46. The highest BCUT2D eigenvalue weighted by Crippen LogP contribution is 2.53. The summed E-state index contributed by atoms with van der Waals surface area (Å²) in [6.45, 7) is 28.3. The third kappa shape index (κ3) is 9.07. The lowest BCUT2D eigenvalue weighted by molar-refractivity contribution is 0.568. The SMILES string of the molecule is CC(C)(C)c1cc(N2c3cc(-c4c(-c5ccccc5)cc(-c5ccccc5)cc4-c4ccccc4)cc4c3B(c3ccc5ccccc5c32)c2ccc3ccccc3c2N4c2cc(C(C)(C)C)cc(C(C)(C)C)c2)cc(C(C)(C)C)c1. The Balaban J connectivity index is 1.26. The topological polar surface area (TPSA) is 6.48 Å². The minimum absolute atomic E-state index is 0.0980. The molecule has 0 N–H and O–H groups in total. The lowest BCUT2D eigenvalue weighted by atomic mass is 9.33. The maximum Gasteiger partial charge on any atom is 0.252 e. The van der Waals surface area contributed by atoms with Crippen LogP contribution in [0.15, 0.2) is 224 Å². The van der Waals surface area contributed by atoms with Gasteiger partial charge in [-0.2, -0.15) is 0 Å². The molecular weight excluding hydrogens is 976 g/mol. The minimum atomic E-state index is -0.119. The summed E-state index contributed by atoms with van der Waals surface area (Å²) in [5, 5.41) is 4.93. The van der Waals surface area contributed by atoms with Gasteiger partial charge in [0.2, 0.25) is 0 Å². The molecule has 0 saturated carbocycles. The summed E-state index contributed by atoms with van der Waals surface area (Å²) in [5.74, 6) is 0. The Bertz CT molecular complexity index is 3940.